The van der Waals surface area contributed by atoms with Crippen molar-refractivity contribution >= 4 is 47.4 Å². The maximum Gasteiger partial charge on any atom is 0.191 e. The van der Waals surface area contributed by atoms with Crippen LogP contribution in [0, 0.1) is 0 Å². The molecular formula is C20H31IN4S. The Labute approximate surface area is 179 Å². The van der Waals surface area contributed by atoms with Crippen molar-refractivity contribution in [3.05, 3.63) is 42.0 Å². The lowest BCUT2D eigenvalue weighted by molar-refractivity contribution is 0.584. The number of thioether (sulfide) groups is 1. The summed E-state index contributed by atoms with van der Waals surface area (Å²) >= 11 is 2.08. The monoisotopic (exact) mass is 486 g/mol. The number of aliphatic imine (C=N–C) groups is 1. The summed E-state index contributed by atoms with van der Waals surface area (Å²) in [6.45, 7) is 9.05. The highest BCUT2D eigenvalue weighted by atomic mass is 127. The molecule has 1 atom stereocenters. The van der Waals surface area contributed by atoms with Gasteiger partial charge in [0.2, 0.25) is 0 Å². The van der Waals surface area contributed by atoms with Gasteiger partial charge in [0.15, 0.2) is 5.96 Å². The topological polar surface area (TPSA) is 39.7 Å². The summed E-state index contributed by atoms with van der Waals surface area (Å²) in [4.78, 5) is 7.16. The van der Waals surface area contributed by atoms with Crippen molar-refractivity contribution in [1.82, 2.24) is 10.6 Å². The molecule has 0 aliphatic carbocycles. The summed E-state index contributed by atoms with van der Waals surface area (Å²) in [5.74, 6) is 2.20. The second kappa shape index (κ2) is 10.4. The van der Waals surface area contributed by atoms with Crippen LogP contribution in [0.15, 0.2) is 41.4 Å². The van der Waals surface area contributed by atoms with Gasteiger partial charge in [-0.15, -0.1) is 24.0 Å². The van der Waals surface area contributed by atoms with Gasteiger partial charge in [-0.2, -0.15) is 11.8 Å². The molecule has 6 heteroatoms. The van der Waals surface area contributed by atoms with Crippen molar-refractivity contribution in [3.63, 3.8) is 0 Å². The predicted molar refractivity (Wildman–Crippen MR) is 126 cm³/mol. The molecule has 26 heavy (non-hydrogen) atoms. The first-order valence-electron chi connectivity index (χ1n) is 9.33. The fraction of sp³-hybridized carbons (Fsp3) is 0.550. The Kier molecular flexibility index (Phi) is 8.60. The van der Waals surface area contributed by atoms with E-state index in [-0.39, 0.29) is 24.0 Å². The first kappa shape index (κ1) is 21.4. The van der Waals surface area contributed by atoms with Gasteiger partial charge in [-0.1, -0.05) is 24.3 Å². The quantitative estimate of drug-likeness (QED) is 0.276. The van der Waals surface area contributed by atoms with E-state index >= 15 is 0 Å². The van der Waals surface area contributed by atoms with Crippen molar-refractivity contribution in [2.24, 2.45) is 4.99 Å². The summed E-state index contributed by atoms with van der Waals surface area (Å²) in [6, 6.07) is 8.74. The van der Waals surface area contributed by atoms with Gasteiger partial charge in [-0.25, -0.2) is 4.99 Å². The van der Waals surface area contributed by atoms with Gasteiger partial charge in [0.25, 0.3) is 0 Å². The van der Waals surface area contributed by atoms with E-state index in [0.29, 0.717) is 11.3 Å². The number of anilines is 1. The molecule has 3 rings (SSSR count). The zero-order chi connectivity index (χ0) is 17.5. The van der Waals surface area contributed by atoms with Gasteiger partial charge in [-0.3, -0.25) is 0 Å². The van der Waals surface area contributed by atoms with Crippen molar-refractivity contribution < 1.29 is 0 Å². The van der Waals surface area contributed by atoms with E-state index in [1.807, 2.05) is 0 Å². The maximum atomic E-state index is 4.79. The molecule has 2 aliphatic heterocycles. The smallest absolute Gasteiger partial charge is 0.191 e. The van der Waals surface area contributed by atoms with Crippen LogP contribution in [-0.2, 0) is 6.54 Å². The van der Waals surface area contributed by atoms with Crippen LogP contribution in [0.25, 0.3) is 0 Å². The van der Waals surface area contributed by atoms with E-state index in [2.05, 4.69) is 77.6 Å². The Morgan fingerprint density at radius 2 is 2.08 bits per heavy atom. The number of benzene rings is 1. The molecule has 2 N–H and O–H groups in total. The lowest BCUT2D eigenvalue weighted by Gasteiger charge is -2.24. The van der Waals surface area contributed by atoms with E-state index in [1.54, 1.807) is 0 Å². The standard InChI is InChI=1S/C20H30N4S.HI/c1-3-21-19(23-16-20(2)10-7-13-25-20)22-15-17-8-6-9-18(14-17)24-11-4-5-12-24;/h4-6,8-9,14H,3,7,10-13,15-16H2,1-2H3,(H2,21,22,23);1H. The lowest BCUT2D eigenvalue weighted by atomic mass is 10.1. The second-order valence-corrected chi connectivity index (χ2v) is 8.68. The van der Waals surface area contributed by atoms with Crippen LogP contribution < -0.4 is 15.5 Å². The molecule has 0 spiro atoms. The zero-order valence-corrected chi connectivity index (χ0v) is 19.0. The number of hydrogen-bond acceptors (Lipinski definition) is 3. The van der Waals surface area contributed by atoms with Crippen LogP contribution in [0.2, 0.25) is 0 Å². The van der Waals surface area contributed by atoms with Gasteiger partial charge in [0.1, 0.15) is 0 Å². The first-order valence-corrected chi connectivity index (χ1v) is 10.3. The first-order chi connectivity index (χ1) is 12.2. The van der Waals surface area contributed by atoms with Gasteiger partial charge < -0.3 is 15.5 Å². The molecule has 0 amide bonds. The number of guanidine groups is 1. The number of rotatable bonds is 6. The van der Waals surface area contributed by atoms with Crippen LogP contribution in [0.3, 0.4) is 0 Å². The van der Waals surface area contributed by atoms with E-state index in [1.165, 1.54) is 29.8 Å². The molecule has 1 aromatic rings. The number of hydrogen-bond donors (Lipinski definition) is 2. The summed E-state index contributed by atoms with van der Waals surface area (Å²) in [7, 11) is 0. The minimum Gasteiger partial charge on any atom is -0.364 e. The molecule has 0 saturated carbocycles. The van der Waals surface area contributed by atoms with Crippen molar-refractivity contribution in [2.75, 3.05) is 36.8 Å². The third kappa shape index (κ3) is 6.08. The molecule has 0 radical (unpaired) electrons. The molecular weight excluding hydrogens is 455 g/mol. The van der Waals surface area contributed by atoms with E-state index < -0.39 is 0 Å². The second-order valence-electron chi connectivity index (χ2n) is 7.00. The van der Waals surface area contributed by atoms with Crippen molar-refractivity contribution in [1.29, 1.82) is 0 Å². The number of nitrogens with zero attached hydrogens (tertiary/aromatic N) is 2. The molecule has 2 heterocycles. The van der Waals surface area contributed by atoms with Gasteiger partial charge in [-0.05, 0) is 50.1 Å². The Morgan fingerprint density at radius 1 is 1.27 bits per heavy atom. The van der Waals surface area contributed by atoms with Crippen LogP contribution in [0.5, 0.6) is 0 Å². The number of halogens is 1. The average Bonchev–Trinajstić information content (AvgIpc) is 3.30. The molecule has 0 bridgehead atoms. The molecule has 1 unspecified atom stereocenters. The third-order valence-electron chi connectivity index (χ3n) is 4.79. The van der Waals surface area contributed by atoms with Crippen LogP contribution in [0.1, 0.15) is 32.3 Å². The normalized spacial score (nSPS) is 22.4. The van der Waals surface area contributed by atoms with Crippen LogP contribution in [0.4, 0.5) is 5.69 Å². The minimum atomic E-state index is 0. The van der Waals surface area contributed by atoms with E-state index in [0.717, 1.165) is 32.1 Å². The Balaban J connectivity index is 0.00000243. The average molecular weight is 486 g/mol. The summed E-state index contributed by atoms with van der Waals surface area (Å²) in [5.41, 5.74) is 2.54. The van der Waals surface area contributed by atoms with Gasteiger partial charge >= 0.3 is 0 Å². The molecule has 144 valence electrons. The van der Waals surface area contributed by atoms with E-state index in [4.69, 9.17) is 4.99 Å². The SMILES string of the molecule is CCNC(=NCc1cccc(N2CC=CC2)c1)NCC1(C)CCCS1.I. The summed E-state index contributed by atoms with van der Waals surface area (Å²) in [5, 5.41) is 6.91. The molecule has 0 aromatic heterocycles. The van der Waals surface area contributed by atoms with Gasteiger partial charge in [0, 0.05) is 36.6 Å². The molecule has 4 nitrogen and oxygen atoms in total. The molecule has 1 saturated heterocycles. The highest BCUT2D eigenvalue weighted by molar-refractivity contribution is 14.0. The molecule has 1 aromatic carbocycles. The molecule has 2 aliphatic rings. The van der Waals surface area contributed by atoms with Crippen molar-refractivity contribution in [2.45, 2.75) is 38.0 Å². The molecule has 1 fully saturated rings. The Morgan fingerprint density at radius 3 is 2.77 bits per heavy atom. The summed E-state index contributed by atoms with van der Waals surface area (Å²) < 4.78 is 0.346. The van der Waals surface area contributed by atoms with Crippen LogP contribution in [-0.4, -0.2) is 42.6 Å². The van der Waals surface area contributed by atoms with Gasteiger partial charge in [0.05, 0.1) is 6.54 Å². The maximum absolute atomic E-state index is 4.79. The summed E-state index contributed by atoms with van der Waals surface area (Å²) in [6.07, 6.45) is 7.06. The highest BCUT2D eigenvalue weighted by Gasteiger charge is 2.29. The van der Waals surface area contributed by atoms with Crippen molar-refractivity contribution in [3.8, 4) is 0 Å². The van der Waals surface area contributed by atoms with E-state index in [9.17, 15) is 0 Å². The number of nitrogens with one attached hydrogen (secondary N) is 2. The highest BCUT2D eigenvalue weighted by Crippen LogP contribution is 2.36. The minimum absolute atomic E-state index is 0. The van der Waals surface area contributed by atoms with Crippen LogP contribution >= 0.6 is 35.7 Å². The predicted octanol–water partition coefficient (Wildman–Crippen LogP) is 4.02. The zero-order valence-electron chi connectivity index (χ0n) is 15.8. The fourth-order valence-electron chi connectivity index (χ4n) is 3.30. The largest absolute Gasteiger partial charge is 0.364 e. The third-order valence-corrected chi connectivity index (χ3v) is 6.33. The Hall–Kier alpha value is -0.890. The fourth-order valence-corrected chi connectivity index (χ4v) is 4.54. The Bertz CT molecular complexity index is 618. The lowest BCUT2D eigenvalue weighted by Crippen LogP contribution is -2.43.